The summed E-state index contributed by atoms with van der Waals surface area (Å²) in [5, 5.41) is 15.7. The number of aryl methyl sites for hydroxylation is 1. The molecule has 0 bridgehead atoms. The Bertz CT molecular complexity index is 1330. The van der Waals surface area contributed by atoms with Crippen LogP contribution < -0.4 is 15.4 Å². The first kappa shape index (κ1) is 20.1. The summed E-state index contributed by atoms with van der Waals surface area (Å²) in [5.41, 5.74) is 3.19. The van der Waals surface area contributed by atoms with Crippen LogP contribution >= 0.6 is 11.6 Å². The molecule has 2 N–H and O–H groups in total. The number of aromatic nitrogens is 2. The van der Waals surface area contributed by atoms with E-state index in [1.807, 2.05) is 37.3 Å². The van der Waals surface area contributed by atoms with E-state index in [2.05, 4.69) is 20.6 Å². The Balaban J connectivity index is 1.43. The van der Waals surface area contributed by atoms with Crippen molar-refractivity contribution in [2.24, 2.45) is 0 Å². The zero-order valence-electron chi connectivity index (χ0n) is 16.4. The van der Waals surface area contributed by atoms with Gasteiger partial charge in [0.05, 0.1) is 10.5 Å². The average molecular weight is 430 g/mol. The summed E-state index contributed by atoms with van der Waals surface area (Å²) in [5.74, 6) is 0.827. The highest BCUT2D eigenvalue weighted by atomic mass is 35.5. The van der Waals surface area contributed by atoms with Crippen LogP contribution in [0.3, 0.4) is 0 Å². The van der Waals surface area contributed by atoms with Crippen molar-refractivity contribution in [2.75, 3.05) is 10.6 Å². The molecule has 4 aromatic rings. The minimum absolute atomic E-state index is 0.239. The second kappa shape index (κ2) is 8.69. The number of anilines is 2. The lowest BCUT2D eigenvalue weighted by Crippen LogP contribution is -2.19. The fourth-order valence-electron chi connectivity index (χ4n) is 2.92. The molecule has 0 radical (unpaired) electrons. The molecule has 2 aromatic carbocycles. The Morgan fingerprint density at radius 1 is 1.03 bits per heavy atom. The summed E-state index contributed by atoms with van der Waals surface area (Å²) in [6.07, 6.45) is 1.48. The molecule has 31 heavy (non-hydrogen) atoms. The number of rotatable bonds is 4. The minimum Gasteiger partial charge on any atom is -0.456 e. The first-order valence-corrected chi connectivity index (χ1v) is 9.67. The molecule has 8 heteroatoms. The van der Waals surface area contributed by atoms with Crippen molar-refractivity contribution in [3.63, 3.8) is 0 Å². The highest BCUT2D eigenvalue weighted by Crippen LogP contribution is 2.31. The van der Waals surface area contributed by atoms with E-state index in [9.17, 15) is 4.79 Å². The van der Waals surface area contributed by atoms with Crippen LogP contribution in [0.1, 0.15) is 11.4 Å². The molecule has 4 rings (SSSR count). The van der Waals surface area contributed by atoms with Crippen molar-refractivity contribution >= 4 is 39.9 Å². The number of carbonyl (C=O) groups excluding carboxylic acids is 1. The third-order valence-electron chi connectivity index (χ3n) is 4.35. The fourth-order valence-corrected chi connectivity index (χ4v) is 3.14. The lowest BCUT2D eigenvalue weighted by Gasteiger charge is -2.11. The Morgan fingerprint density at radius 2 is 1.81 bits per heavy atom. The van der Waals surface area contributed by atoms with E-state index in [-0.39, 0.29) is 5.69 Å². The molecule has 0 atom stereocenters. The van der Waals surface area contributed by atoms with Gasteiger partial charge in [-0.25, -0.2) is 9.78 Å². The lowest BCUT2D eigenvalue weighted by atomic mass is 10.2. The van der Waals surface area contributed by atoms with E-state index in [4.69, 9.17) is 21.6 Å². The molecular weight excluding hydrogens is 414 g/mol. The number of nitrogens with one attached hydrogen (secondary N) is 2. The first-order chi connectivity index (χ1) is 15.0. The molecule has 0 saturated carbocycles. The Labute approximate surface area is 183 Å². The van der Waals surface area contributed by atoms with Crippen LogP contribution in [0.25, 0.3) is 10.9 Å². The number of benzene rings is 2. The standard InChI is InChI=1S/C23H16ClN5O2/c1-14-2-3-15-10-16(4-6-21(15)27-14)28-23(30)29-17-5-7-22(20(24)12-17)31-19-8-9-26-18(11-19)13-25/h2-12H,1H3,(H2,28,29,30). The van der Waals surface area contributed by atoms with Crippen molar-refractivity contribution < 1.29 is 9.53 Å². The van der Waals surface area contributed by atoms with E-state index >= 15 is 0 Å². The smallest absolute Gasteiger partial charge is 0.323 e. The first-order valence-electron chi connectivity index (χ1n) is 9.29. The largest absolute Gasteiger partial charge is 0.456 e. The molecule has 0 spiro atoms. The molecule has 2 heterocycles. The van der Waals surface area contributed by atoms with Gasteiger partial charge in [-0.3, -0.25) is 4.98 Å². The van der Waals surface area contributed by atoms with Gasteiger partial charge in [0.15, 0.2) is 0 Å². The quantitative estimate of drug-likeness (QED) is 0.420. The number of urea groups is 1. The summed E-state index contributed by atoms with van der Waals surface area (Å²) in [6, 6.07) is 18.9. The topological polar surface area (TPSA) is 99.9 Å². The number of fused-ring (bicyclic) bond motifs is 1. The fraction of sp³-hybridized carbons (Fsp3) is 0.0435. The van der Waals surface area contributed by atoms with Crippen LogP contribution in [-0.4, -0.2) is 16.0 Å². The third-order valence-corrected chi connectivity index (χ3v) is 4.65. The van der Waals surface area contributed by atoms with Gasteiger partial charge in [0.1, 0.15) is 23.3 Å². The van der Waals surface area contributed by atoms with Gasteiger partial charge >= 0.3 is 6.03 Å². The molecule has 0 aliphatic carbocycles. The maximum absolute atomic E-state index is 12.4. The SMILES string of the molecule is Cc1ccc2cc(NC(=O)Nc3ccc(Oc4ccnc(C#N)c4)c(Cl)c3)ccc2n1. The molecule has 152 valence electrons. The van der Waals surface area contributed by atoms with E-state index in [0.717, 1.165) is 16.6 Å². The monoisotopic (exact) mass is 429 g/mol. The predicted octanol–water partition coefficient (Wildman–Crippen LogP) is 5.90. The summed E-state index contributed by atoms with van der Waals surface area (Å²) in [6.45, 7) is 1.93. The average Bonchev–Trinajstić information content (AvgIpc) is 2.76. The zero-order chi connectivity index (χ0) is 21.8. The van der Waals surface area contributed by atoms with E-state index in [1.54, 1.807) is 30.3 Å². The molecular formula is C23H16ClN5O2. The number of nitriles is 1. The van der Waals surface area contributed by atoms with Gasteiger partial charge in [0, 0.05) is 34.7 Å². The predicted molar refractivity (Wildman–Crippen MR) is 120 cm³/mol. The maximum Gasteiger partial charge on any atom is 0.323 e. The summed E-state index contributed by atoms with van der Waals surface area (Å²) in [7, 11) is 0. The Morgan fingerprint density at radius 3 is 2.58 bits per heavy atom. The minimum atomic E-state index is -0.406. The van der Waals surface area contributed by atoms with Gasteiger partial charge < -0.3 is 15.4 Å². The van der Waals surface area contributed by atoms with Crippen molar-refractivity contribution in [1.82, 2.24) is 9.97 Å². The van der Waals surface area contributed by atoms with E-state index in [0.29, 0.717) is 27.9 Å². The van der Waals surface area contributed by atoms with Crippen molar-refractivity contribution in [2.45, 2.75) is 6.92 Å². The van der Waals surface area contributed by atoms with Gasteiger partial charge in [-0.05, 0) is 55.5 Å². The highest BCUT2D eigenvalue weighted by Gasteiger charge is 2.09. The summed E-state index contributed by atoms with van der Waals surface area (Å²) >= 11 is 6.29. The van der Waals surface area contributed by atoms with Crippen LogP contribution in [-0.2, 0) is 0 Å². The molecule has 0 saturated heterocycles. The number of halogens is 1. The van der Waals surface area contributed by atoms with Gasteiger partial charge in [0.25, 0.3) is 0 Å². The second-order valence-electron chi connectivity index (χ2n) is 6.68. The van der Waals surface area contributed by atoms with Crippen LogP contribution in [0.15, 0.2) is 66.9 Å². The second-order valence-corrected chi connectivity index (χ2v) is 7.08. The number of amides is 2. The lowest BCUT2D eigenvalue weighted by molar-refractivity contribution is 0.262. The number of carbonyl (C=O) groups is 1. The number of nitrogens with zero attached hydrogens (tertiary/aromatic N) is 3. The number of hydrogen-bond donors (Lipinski definition) is 2. The van der Waals surface area contributed by atoms with Crippen molar-refractivity contribution in [3.8, 4) is 17.6 Å². The van der Waals surface area contributed by atoms with Crippen LogP contribution in [0.2, 0.25) is 5.02 Å². The van der Waals surface area contributed by atoms with Crippen LogP contribution in [0, 0.1) is 18.3 Å². The van der Waals surface area contributed by atoms with Gasteiger partial charge in [-0.15, -0.1) is 0 Å². The number of hydrogen-bond acceptors (Lipinski definition) is 5. The van der Waals surface area contributed by atoms with Gasteiger partial charge in [0.2, 0.25) is 0 Å². The molecule has 2 aromatic heterocycles. The van der Waals surface area contributed by atoms with Crippen molar-refractivity contribution in [1.29, 1.82) is 5.26 Å². The molecule has 7 nitrogen and oxygen atoms in total. The molecule has 0 aliphatic heterocycles. The molecule has 0 fully saturated rings. The van der Waals surface area contributed by atoms with Crippen molar-refractivity contribution in [3.05, 3.63) is 83.3 Å². The molecule has 0 unspecified atom stereocenters. The third kappa shape index (κ3) is 4.89. The summed E-state index contributed by atoms with van der Waals surface area (Å²) < 4.78 is 5.70. The molecule has 2 amide bonds. The van der Waals surface area contributed by atoms with E-state index < -0.39 is 6.03 Å². The number of ether oxygens (including phenoxy) is 1. The van der Waals surface area contributed by atoms with Gasteiger partial charge in [-0.1, -0.05) is 17.7 Å². The maximum atomic E-state index is 12.4. The highest BCUT2D eigenvalue weighted by molar-refractivity contribution is 6.32. The van der Waals surface area contributed by atoms with Gasteiger partial charge in [-0.2, -0.15) is 5.26 Å². The zero-order valence-corrected chi connectivity index (χ0v) is 17.1. The Kier molecular flexibility index (Phi) is 5.65. The molecule has 0 aliphatic rings. The normalized spacial score (nSPS) is 10.4. The van der Waals surface area contributed by atoms with Crippen LogP contribution in [0.5, 0.6) is 11.5 Å². The number of pyridine rings is 2. The summed E-state index contributed by atoms with van der Waals surface area (Å²) in [4.78, 5) is 20.7. The van der Waals surface area contributed by atoms with Crippen LogP contribution in [0.4, 0.5) is 16.2 Å². The van der Waals surface area contributed by atoms with E-state index in [1.165, 1.54) is 12.3 Å². The Hall–Kier alpha value is -4.15.